The van der Waals surface area contributed by atoms with Crippen molar-refractivity contribution < 1.29 is 4.42 Å². The summed E-state index contributed by atoms with van der Waals surface area (Å²) in [5.41, 5.74) is 4.00. The molecule has 4 rings (SSSR count). The lowest BCUT2D eigenvalue weighted by Crippen LogP contribution is -2.29. The van der Waals surface area contributed by atoms with Crippen LogP contribution in [0.4, 0.5) is 0 Å². The zero-order valence-corrected chi connectivity index (χ0v) is 12.6. The first-order valence-electron chi connectivity index (χ1n) is 7.34. The van der Waals surface area contributed by atoms with Crippen LogP contribution in [0.2, 0.25) is 0 Å². The zero-order valence-electron chi connectivity index (χ0n) is 11.8. The van der Waals surface area contributed by atoms with Gasteiger partial charge >= 0.3 is 0 Å². The number of rotatable bonds is 3. The van der Waals surface area contributed by atoms with Crippen LogP contribution in [0.3, 0.4) is 0 Å². The molecule has 0 fully saturated rings. The number of hydrogen-bond donors (Lipinski definition) is 0. The molecule has 1 aliphatic rings. The van der Waals surface area contributed by atoms with Crippen LogP contribution in [0.1, 0.15) is 29.3 Å². The van der Waals surface area contributed by atoms with Crippen LogP contribution < -0.4 is 0 Å². The molecule has 0 aromatic carbocycles. The van der Waals surface area contributed by atoms with E-state index in [2.05, 4.69) is 50.7 Å². The van der Waals surface area contributed by atoms with Crippen molar-refractivity contribution in [1.82, 2.24) is 9.47 Å². The third-order valence-electron chi connectivity index (χ3n) is 4.18. The molecule has 1 aliphatic heterocycles. The van der Waals surface area contributed by atoms with Crippen LogP contribution >= 0.6 is 11.3 Å². The Labute approximate surface area is 128 Å². The first kappa shape index (κ1) is 12.9. The van der Waals surface area contributed by atoms with Gasteiger partial charge in [0.2, 0.25) is 0 Å². The number of aryl methyl sites for hydroxylation is 1. The highest BCUT2D eigenvalue weighted by Crippen LogP contribution is 2.33. The molecule has 4 heteroatoms. The molecule has 0 radical (unpaired) electrons. The minimum absolute atomic E-state index is 0.279. The van der Waals surface area contributed by atoms with Gasteiger partial charge in [0.25, 0.3) is 0 Å². The molecule has 0 spiro atoms. The fourth-order valence-electron chi connectivity index (χ4n) is 3.24. The minimum atomic E-state index is 0.279. The summed E-state index contributed by atoms with van der Waals surface area (Å²) in [6.45, 7) is 3.19. The van der Waals surface area contributed by atoms with Crippen LogP contribution in [-0.4, -0.2) is 16.0 Å². The van der Waals surface area contributed by atoms with Crippen LogP contribution in [0.5, 0.6) is 0 Å². The first-order chi connectivity index (χ1) is 10.4. The SMILES string of the molecule is c1cc2n(c1)CCCN(Cc1ccsc1)C2c1ccoc1. The van der Waals surface area contributed by atoms with E-state index in [9.17, 15) is 0 Å². The van der Waals surface area contributed by atoms with Crippen molar-refractivity contribution in [3.8, 4) is 0 Å². The number of furan rings is 1. The van der Waals surface area contributed by atoms with Gasteiger partial charge in [-0.1, -0.05) is 0 Å². The van der Waals surface area contributed by atoms with Gasteiger partial charge in [-0.05, 0) is 47.0 Å². The Bertz CT molecular complexity index is 684. The molecule has 21 heavy (non-hydrogen) atoms. The normalized spacial score (nSPS) is 19.3. The average molecular weight is 298 g/mol. The van der Waals surface area contributed by atoms with Crippen molar-refractivity contribution in [2.45, 2.75) is 25.6 Å². The lowest BCUT2D eigenvalue weighted by atomic mass is 10.0. The van der Waals surface area contributed by atoms with E-state index in [1.54, 1.807) is 17.6 Å². The number of fused-ring (bicyclic) bond motifs is 1. The lowest BCUT2D eigenvalue weighted by molar-refractivity contribution is 0.220. The van der Waals surface area contributed by atoms with Crippen molar-refractivity contribution in [1.29, 1.82) is 0 Å². The quantitative estimate of drug-likeness (QED) is 0.725. The van der Waals surface area contributed by atoms with Gasteiger partial charge in [-0.25, -0.2) is 0 Å². The molecule has 3 nitrogen and oxygen atoms in total. The summed E-state index contributed by atoms with van der Waals surface area (Å²) in [4.78, 5) is 2.56. The molecule has 0 saturated carbocycles. The highest BCUT2D eigenvalue weighted by Gasteiger charge is 2.28. The number of nitrogens with zero attached hydrogens (tertiary/aromatic N) is 2. The van der Waals surface area contributed by atoms with E-state index in [1.807, 2.05) is 6.26 Å². The molecule has 4 heterocycles. The average Bonchev–Trinajstić information content (AvgIpc) is 3.22. The van der Waals surface area contributed by atoms with Crippen molar-refractivity contribution in [2.75, 3.05) is 6.54 Å². The molecule has 1 unspecified atom stereocenters. The van der Waals surface area contributed by atoms with Gasteiger partial charge in [0.05, 0.1) is 18.6 Å². The zero-order chi connectivity index (χ0) is 14.1. The topological polar surface area (TPSA) is 21.3 Å². The minimum Gasteiger partial charge on any atom is -0.472 e. The largest absolute Gasteiger partial charge is 0.472 e. The van der Waals surface area contributed by atoms with Crippen molar-refractivity contribution in [3.05, 3.63) is 70.6 Å². The summed E-state index contributed by atoms with van der Waals surface area (Å²) in [6.07, 6.45) is 7.03. The lowest BCUT2D eigenvalue weighted by Gasteiger charge is -2.29. The second-order valence-electron chi connectivity index (χ2n) is 5.54. The molecular formula is C17H18N2OS. The fraction of sp³-hybridized carbons (Fsp3) is 0.294. The van der Waals surface area contributed by atoms with Gasteiger partial charge < -0.3 is 8.98 Å². The van der Waals surface area contributed by atoms with Gasteiger partial charge in [-0.3, -0.25) is 4.90 Å². The molecule has 1 atom stereocenters. The second-order valence-corrected chi connectivity index (χ2v) is 6.32. The summed E-state index contributed by atoms with van der Waals surface area (Å²) in [6, 6.07) is 8.98. The summed E-state index contributed by atoms with van der Waals surface area (Å²) in [5, 5.41) is 4.40. The van der Waals surface area contributed by atoms with E-state index >= 15 is 0 Å². The Morgan fingerprint density at radius 3 is 3.05 bits per heavy atom. The number of aromatic nitrogens is 1. The summed E-state index contributed by atoms with van der Waals surface area (Å²) < 4.78 is 7.73. The van der Waals surface area contributed by atoms with Gasteiger partial charge in [-0.2, -0.15) is 11.3 Å². The van der Waals surface area contributed by atoms with Crippen molar-refractivity contribution in [2.24, 2.45) is 0 Å². The van der Waals surface area contributed by atoms with Gasteiger partial charge in [0.15, 0.2) is 0 Å². The van der Waals surface area contributed by atoms with E-state index in [0.29, 0.717) is 0 Å². The molecule has 3 aromatic rings. The van der Waals surface area contributed by atoms with Crippen LogP contribution in [0, 0.1) is 0 Å². The Morgan fingerprint density at radius 1 is 1.24 bits per heavy atom. The number of hydrogen-bond acceptors (Lipinski definition) is 3. The summed E-state index contributed by atoms with van der Waals surface area (Å²) in [5.74, 6) is 0. The van der Waals surface area contributed by atoms with Gasteiger partial charge in [0, 0.05) is 37.1 Å². The molecule has 108 valence electrons. The van der Waals surface area contributed by atoms with Crippen LogP contribution in [-0.2, 0) is 13.1 Å². The number of thiophene rings is 1. The highest BCUT2D eigenvalue weighted by molar-refractivity contribution is 7.07. The Balaban J connectivity index is 1.73. The third-order valence-corrected chi connectivity index (χ3v) is 4.91. The Hall–Kier alpha value is -1.78. The maximum atomic E-state index is 5.35. The molecule has 3 aromatic heterocycles. The summed E-state index contributed by atoms with van der Waals surface area (Å²) in [7, 11) is 0. The maximum absolute atomic E-state index is 5.35. The predicted molar refractivity (Wildman–Crippen MR) is 84.3 cm³/mol. The first-order valence-corrected chi connectivity index (χ1v) is 8.28. The molecule has 0 bridgehead atoms. The van der Waals surface area contributed by atoms with Crippen LogP contribution in [0.15, 0.2) is 58.2 Å². The van der Waals surface area contributed by atoms with Gasteiger partial charge in [-0.15, -0.1) is 0 Å². The molecule has 0 N–H and O–H groups in total. The van der Waals surface area contributed by atoms with E-state index in [1.165, 1.54) is 23.2 Å². The fourth-order valence-corrected chi connectivity index (χ4v) is 3.90. The second kappa shape index (κ2) is 5.54. The smallest absolute Gasteiger partial charge is 0.0954 e. The predicted octanol–water partition coefficient (Wildman–Crippen LogP) is 4.14. The molecule has 0 saturated heterocycles. The molecule has 0 aliphatic carbocycles. The highest BCUT2D eigenvalue weighted by atomic mass is 32.1. The molecular weight excluding hydrogens is 280 g/mol. The monoisotopic (exact) mass is 298 g/mol. The van der Waals surface area contributed by atoms with Crippen LogP contribution in [0.25, 0.3) is 0 Å². The standard InChI is InChI=1S/C17H18N2OS/c1-3-16-17(15-4-9-20-12-15)19(8-2-7-18(16)6-1)11-14-5-10-21-13-14/h1,3-6,9-10,12-13,17H,2,7-8,11H2. The van der Waals surface area contributed by atoms with E-state index in [4.69, 9.17) is 4.42 Å². The van der Waals surface area contributed by atoms with E-state index < -0.39 is 0 Å². The third kappa shape index (κ3) is 2.45. The van der Waals surface area contributed by atoms with Crippen molar-refractivity contribution in [3.63, 3.8) is 0 Å². The van der Waals surface area contributed by atoms with E-state index in [-0.39, 0.29) is 6.04 Å². The Morgan fingerprint density at radius 2 is 2.24 bits per heavy atom. The van der Waals surface area contributed by atoms with Gasteiger partial charge in [0.1, 0.15) is 0 Å². The summed E-state index contributed by atoms with van der Waals surface area (Å²) >= 11 is 1.77. The maximum Gasteiger partial charge on any atom is 0.0954 e. The molecule has 0 amide bonds. The Kier molecular flexibility index (Phi) is 3.41. The van der Waals surface area contributed by atoms with E-state index in [0.717, 1.165) is 19.6 Å². The van der Waals surface area contributed by atoms with Crippen molar-refractivity contribution >= 4 is 11.3 Å².